The van der Waals surface area contributed by atoms with E-state index in [1.807, 2.05) is 0 Å². The quantitative estimate of drug-likeness (QED) is 0.0582. The van der Waals surface area contributed by atoms with Crippen LogP contribution in [0.3, 0.4) is 0 Å². The van der Waals surface area contributed by atoms with Crippen LogP contribution in [0.4, 0.5) is 0 Å². The van der Waals surface area contributed by atoms with Gasteiger partial charge in [-0.1, -0.05) is 0 Å². The fourth-order valence-electron chi connectivity index (χ4n) is 3.20. The number of hydrogen-bond donors (Lipinski definition) is 9. The molecular formula is C21H38N10O5. The molecule has 13 N–H and O–H groups in total. The third-order valence-corrected chi connectivity index (χ3v) is 5.22. The van der Waals surface area contributed by atoms with E-state index in [2.05, 4.69) is 30.9 Å². The number of imidazole rings is 1. The molecule has 0 spiro atoms. The van der Waals surface area contributed by atoms with Gasteiger partial charge in [0.15, 0.2) is 5.96 Å². The standard InChI is InChI=1S/C21H38N10O5/c1-12(17(32)31-16(20(35)36)6-4-8-27-21(24)25)29-19(34)15(5-2-3-7-22)30-18(33)14(23)9-13-10-26-11-28-13/h10-12,14-16H,2-9,22-23H2,1H3,(H,26,28)(H,29,34)(H,30,33)(H,31,32)(H,35,36)(H4,24,25,27). The number of rotatable bonds is 17. The van der Waals surface area contributed by atoms with Crippen LogP contribution in [-0.4, -0.2) is 82.0 Å². The Labute approximate surface area is 209 Å². The Kier molecular flexibility index (Phi) is 13.5. The number of guanidine groups is 1. The van der Waals surface area contributed by atoms with Gasteiger partial charge in [-0.2, -0.15) is 0 Å². The molecule has 1 heterocycles. The Bertz CT molecular complexity index is 872. The molecule has 36 heavy (non-hydrogen) atoms. The number of carbonyl (C=O) groups excluding carboxylic acids is 3. The molecule has 0 aliphatic rings. The smallest absolute Gasteiger partial charge is 0.326 e. The van der Waals surface area contributed by atoms with Crippen molar-refractivity contribution in [2.24, 2.45) is 27.9 Å². The second kappa shape index (κ2) is 16.0. The minimum Gasteiger partial charge on any atom is -0.480 e. The molecule has 0 fully saturated rings. The monoisotopic (exact) mass is 510 g/mol. The van der Waals surface area contributed by atoms with Crippen molar-refractivity contribution in [3.8, 4) is 0 Å². The minimum atomic E-state index is -1.23. The van der Waals surface area contributed by atoms with Gasteiger partial charge in [0.2, 0.25) is 17.7 Å². The summed E-state index contributed by atoms with van der Waals surface area (Å²) in [6.07, 6.45) is 5.09. The van der Waals surface area contributed by atoms with Gasteiger partial charge in [0.05, 0.1) is 12.4 Å². The summed E-state index contributed by atoms with van der Waals surface area (Å²) >= 11 is 0. The number of hydrogen-bond acceptors (Lipinski definition) is 8. The molecule has 1 aromatic rings. The molecule has 1 rings (SSSR count). The number of H-pyrrole nitrogens is 1. The summed E-state index contributed by atoms with van der Waals surface area (Å²) in [4.78, 5) is 60.0. The van der Waals surface area contributed by atoms with Gasteiger partial charge in [-0.15, -0.1) is 0 Å². The number of carboxylic acid groups (broad SMARTS) is 1. The van der Waals surface area contributed by atoms with Crippen LogP contribution in [0, 0.1) is 0 Å². The predicted molar refractivity (Wildman–Crippen MR) is 132 cm³/mol. The number of aromatic amines is 1. The summed E-state index contributed by atoms with van der Waals surface area (Å²) < 4.78 is 0. The SMILES string of the molecule is CC(NC(=O)C(CCCCN)NC(=O)C(N)Cc1cnc[nH]1)C(=O)NC(CCCN=C(N)N)C(=O)O. The molecule has 15 nitrogen and oxygen atoms in total. The molecule has 0 radical (unpaired) electrons. The van der Waals surface area contributed by atoms with E-state index in [-0.39, 0.29) is 31.8 Å². The van der Waals surface area contributed by atoms with Crippen molar-refractivity contribution in [3.63, 3.8) is 0 Å². The highest BCUT2D eigenvalue weighted by Gasteiger charge is 2.28. The number of unbranched alkanes of at least 4 members (excludes halogenated alkanes) is 1. The van der Waals surface area contributed by atoms with Crippen LogP contribution in [-0.2, 0) is 25.6 Å². The van der Waals surface area contributed by atoms with Gasteiger partial charge in [-0.3, -0.25) is 19.4 Å². The van der Waals surface area contributed by atoms with Crippen molar-refractivity contribution in [3.05, 3.63) is 18.2 Å². The fraction of sp³-hybridized carbons (Fsp3) is 0.619. The van der Waals surface area contributed by atoms with Crippen LogP contribution in [0.2, 0.25) is 0 Å². The summed E-state index contributed by atoms with van der Waals surface area (Å²) in [5.74, 6) is -3.18. The van der Waals surface area contributed by atoms with E-state index >= 15 is 0 Å². The van der Waals surface area contributed by atoms with E-state index in [0.29, 0.717) is 31.5 Å². The summed E-state index contributed by atoms with van der Waals surface area (Å²) in [7, 11) is 0. The number of aromatic nitrogens is 2. The summed E-state index contributed by atoms with van der Waals surface area (Å²) in [6.45, 7) is 2.04. The zero-order chi connectivity index (χ0) is 27.1. The second-order valence-corrected chi connectivity index (χ2v) is 8.31. The van der Waals surface area contributed by atoms with Crippen molar-refractivity contribution in [2.45, 2.75) is 69.6 Å². The number of carbonyl (C=O) groups is 4. The number of amides is 3. The number of nitrogens with one attached hydrogen (secondary N) is 4. The zero-order valence-corrected chi connectivity index (χ0v) is 20.4. The van der Waals surface area contributed by atoms with E-state index < -0.39 is 47.9 Å². The first kappa shape index (κ1) is 30.3. The topological polar surface area (TPSA) is 270 Å². The first-order chi connectivity index (χ1) is 17.0. The van der Waals surface area contributed by atoms with Crippen molar-refractivity contribution < 1.29 is 24.3 Å². The van der Waals surface area contributed by atoms with Crippen molar-refractivity contribution in [2.75, 3.05) is 13.1 Å². The maximum Gasteiger partial charge on any atom is 0.326 e. The van der Waals surface area contributed by atoms with E-state index in [9.17, 15) is 24.3 Å². The van der Waals surface area contributed by atoms with Crippen LogP contribution in [0.1, 0.15) is 44.7 Å². The first-order valence-corrected chi connectivity index (χ1v) is 11.7. The largest absolute Gasteiger partial charge is 0.480 e. The normalized spacial score (nSPS) is 14.1. The molecule has 0 bridgehead atoms. The zero-order valence-electron chi connectivity index (χ0n) is 20.4. The number of aliphatic imine (C=N–C) groups is 1. The highest BCUT2D eigenvalue weighted by molar-refractivity contribution is 5.93. The van der Waals surface area contributed by atoms with Gasteiger partial charge < -0.3 is 49.0 Å². The Morgan fingerprint density at radius 3 is 2.28 bits per heavy atom. The Morgan fingerprint density at radius 2 is 1.69 bits per heavy atom. The van der Waals surface area contributed by atoms with E-state index in [0.717, 1.165) is 0 Å². The van der Waals surface area contributed by atoms with Crippen molar-refractivity contribution in [1.82, 2.24) is 25.9 Å². The van der Waals surface area contributed by atoms with Crippen LogP contribution >= 0.6 is 0 Å². The lowest BCUT2D eigenvalue weighted by atomic mass is 10.1. The van der Waals surface area contributed by atoms with Gasteiger partial charge in [0.1, 0.15) is 18.1 Å². The summed E-state index contributed by atoms with van der Waals surface area (Å²) in [5.41, 5.74) is 22.6. The van der Waals surface area contributed by atoms with Crippen LogP contribution in [0.15, 0.2) is 17.5 Å². The van der Waals surface area contributed by atoms with Crippen LogP contribution in [0.5, 0.6) is 0 Å². The van der Waals surface area contributed by atoms with E-state index in [1.165, 1.54) is 13.3 Å². The molecule has 202 valence electrons. The lowest BCUT2D eigenvalue weighted by Crippen LogP contribution is -2.56. The number of nitrogens with two attached hydrogens (primary N) is 4. The average Bonchev–Trinajstić information content (AvgIpc) is 3.32. The molecule has 0 aromatic carbocycles. The molecule has 0 saturated carbocycles. The van der Waals surface area contributed by atoms with Crippen molar-refractivity contribution >= 4 is 29.7 Å². The number of aliphatic carboxylic acids is 1. The molecule has 4 atom stereocenters. The second-order valence-electron chi connectivity index (χ2n) is 8.31. The molecule has 4 unspecified atom stereocenters. The molecule has 0 aliphatic carbocycles. The average molecular weight is 511 g/mol. The first-order valence-electron chi connectivity index (χ1n) is 11.7. The van der Waals surface area contributed by atoms with E-state index in [1.54, 1.807) is 6.20 Å². The molecular weight excluding hydrogens is 472 g/mol. The van der Waals surface area contributed by atoms with Gasteiger partial charge in [-0.05, 0) is 45.6 Å². The van der Waals surface area contributed by atoms with E-state index in [4.69, 9.17) is 22.9 Å². The third-order valence-electron chi connectivity index (χ3n) is 5.22. The maximum atomic E-state index is 12.9. The Morgan fingerprint density at radius 1 is 1.03 bits per heavy atom. The highest BCUT2D eigenvalue weighted by atomic mass is 16.4. The lowest BCUT2D eigenvalue weighted by Gasteiger charge is -2.23. The minimum absolute atomic E-state index is 0.0878. The fourth-order valence-corrected chi connectivity index (χ4v) is 3.20. The Hall–Kier alpha value is -3.72. The predicted octanol–water partition coefficient (Wildman–Crippen LogP) is -2.98. The molecule has 3 amide bonds. The van der Waals surface area contributed by atoms with Gasteiger partial charge in [0, 0.05) is 24.9 Å². The van der Waals surface area contributed by atoms with Gasteiger partial charge in [-0.25, -0.2) is 9.78 Å². The van der Waals surface area contributed by atoms with Gasteiger partial charge in [0.25, 0.3) is 0 Å². The number of carboxylic acids is 1. The highest BCUT2D eigenvalue weighted by Crippen LogP contribution is 2.05. The Balaban J connectivity index is 2.71. The van der Waals surface area contributed by atoms with Gasteiger partial charge >= 0.3 is 5.97 Å². The summed E-state index contributed by atoms with van der Waals surface area (Å²) in [5, 5.41) is 16.9. The molecule has 0 aliphatic heterocycles. The van der Waals surface area contributed by atoms with Crippen LogP contribution < -0.4 is 38.9 Å². The third kappa shape index (κ3) is 11.6. The number of nitrogens with zero attached hydrogens (tertiary/aromatic N) is 2. The molecule has 1 aromatic heterocycles. The summed E-state index contributed by atoms with van der Waals surface area (Å²) in [6, 6.07) is -4.13. The lowest BCUT2D eigenvalue weighted by molar-refractivity contribution is -0.142. The maximum absolute atomic E-state index is 12.9. The molecule has 15 heteroatoms. The van der Waals surface area contributed by atoms with Crippen LogP contribution in [0.25, 0.3) is 0 Å². The molecule has 0 saturated heterocycles. The van der Waals surface area contributed by atoms with Crippen molar-refractivity contribution in [1.29, 1.82) is 0 Å².